The number of rotatable bonds is 8. The van der Waals surface area contributed by atoms with E-state index in [4.69, 9.17) is 13.6 Å². The van der Waals surface area contributed by atoms with Crippen LogP contribution in [0.25, 0.3) is 0 Å². The Morgan fingerprint density at radius 3 is 2.80 bits per heavy atom. The van der Waals surface area contributed by atoms with E-state index in [-0.39, 0.29) is 5.41 Å². The van der Waals surface area contributed by atoms with Gasteiger partial charge in [0.2, 0.25) is 5.89 Å². The summed E-state index contributed by atoms with van der Waals surface area (Å²) < 4.78 is 16.5. The molecule has 0 aliphatic heterocycles. The zero-order valence-corrected chi connectivity index (χ0v) is 15.5. The van der Waals surface area contributed by atoms with E-state index in [0.29, 0.717) is 31.6 Å². The molecule has 7 heteroatoms. The zero-order valence-electron chi connectivity index (χ0n) is 15.5. The minimum absolute atomic E-state index is 0.0409. The van der Waals surface area contributed by atoms with Gasteiger partial charge < -0.3 is 24.2 Å². The standard InChI is InChI=1S/C18H28N4O3/c1-18(2,3)15-11-21-16(25-15)12-22-17(19-4)20-8-6-9-23-13-14-7-5-10-24-14/h5,7,10-11H,6,8-9,12-13H2,1-4H3,(H2,19,20,22). The number of furan rings is 1. The van der Waals surface area contributed by atoms with Gasteiger partial charge in [-0.05, 0) is 18.6 Å². The SMILES string of the molecule is CN=C(NCCCOCc1ccco1)NCc1ncc(C(C)(C)C)o1. The Morgan fingerprint density at radius 2 is 2.16 bits per heavy atom. The second kappa shape index (κ2) is 9.27. The van der Waals surface area contributed by atoms with Gasteiger partial charge in [0.05, 0.1) is 19.0 Å². The van der Waals surface area contributed by atoms with Crippen molar-refractivity contribution in [3.05, 3.63) is 42.0 Å². The third kappa shape index (κ3) is 6.62. The highest BCUT2D eigenvalue weighted by Crippen LogP contribution is 2.22. The molecular weight excluding hydrogens is 320 g/mol. The van der Waals surface area contributed by atoms with Gasteiger partial charge in [0.15, 0.2) is 5.96 Å². The molecule has 0 saturated carbocycles. The first-order valence-corrected chi connectivity index (χ1v) is 8.49. The average molecular weight is 348 g/mol. The van der Waals surface area contributed by atoms with Crippen LogP contribution in [-0.2, 0) is 23.3 Å². The van der Waals surface area contributed by atoms with Gasteiger partial charge in [0.1, 0.15) is 18.1 Å². The van der Waals surface area contributed by atoms with Gasteiger partial charge in [-0.1, -0.05) is 20.8 Å². The van der Waals surface area contributed by atoms with Crippen molar-refractivity contribution in [2.75, 3.05) is 20.2 Å². The van der Waals surface area contributed by atoms with Gasteiger partial charge in [0.25, 0.3) is 0 Å². The number of guanidine groups is 1. The minimum Gasteiger partial charge on any atom is -0.467 e. The highest BCUT2D eigenvalue weighted by Gasteiger charge is 2.19. The van der Waals surface area contributed by atoms with E-state index in [1.165, 1.54) is 0 Å². The summed E-state index contributed by atoms with van der Waals surface area (Å²) in [7, 11) is 1.74. The summed E-state index contributed by atoms with van der Waals surface area (Å²) in [6, 6.07) is 3.76. The largest absolute Gasteiger partial charge is 0.467 e. The predicted octanol–water partition coefficient (Wildman–Crippen LogP) is 2.84. The normalized spacial score (nSPS) is 12.4. The molecule has 0 unspecified atom stereocenters. The summed E-state index contributed by atoms with van der Waals surface area (Å²) in [5.41, 5.74) is -0.0409. The van der Waals surface area contributed by atoms with Crippen molar-refractivity contribution >= 4 is 5.96 Å². The predicted molar refractivity (Wildman–Crippen MR) is 96.4 cm³/mol. The summed E-state index contributed by atoms with van der Waals surface area (Å²) >= 11 is 0. The lowest BCUT2D eigenvalue weighted by atomic mass is 9.94. The maximum Gasteiger partial charge on any atom is 0.213 e. The quantitative estimate of drug-likeness (QED) is 0.433. The van der Waals surface area contributed by atoms with E-state index >= 15 is 0 Å². The second-order valence-corrected chi connectivity index (χ2v) is 6.71. The van der Waals surface area contributed by atoms with Crippen LogP contribution in [0.5, 0.6) is 0 Å². The Balaban J connectivity index is 1.61. The summed E-state index contributed by atoms with van der Waals surface area (Å²) in [6.45, 7) is 8.69. The summed E-state index contributed by atoms with van der Waals surface area (Å²) in [5.74, 6) is 3.07. The van der Waals surface area contributed by atoms with E-state index in [0.717, 1.165) is 24.5 Å². The first kappa shape index (κ1) is 19.1. The van der Waals surface area contributed by atoms with Crippen LogP contribution in [0.4, 0.5) is 0 Å². The molecule has 0 aromatic carbocycles. The van der Waals surface area contributed by atoms with Gasteiger partial charge in [-0.3, -0.25) is 4.99 Å². The first-order valence-electron chi connectivity index (χ1n) is 8.49. The molecule has 2 aromatic heterocycles. The van der Waals surface area contributed by atoms with Crippen LogP contribution in [-0.4, -0.2) is 31.1 Å². The van der Waals surface area contributed by atoms with Crippen molar-refractivity contribution in [2.45, 2.75) is 45.8 Å². The van der Waals surface area contributed by atoms with Gasteiger partial charge >= 0.3 is 0 Å². The molecular formula is C18H28N4O3. The molecule has 2 aromatic rings. The van der Waals surface area contributed by atoms with Crippen LogP contribution in [0, 0.1) is 0 Å². The van der Waals surface area contributed by atoms with E-state index in [2.05, 4.69) is 41.4 Å². The topological polar surface area (TPSA) is 84.8 Å². The van der Waals surface area contributed by atoms with Gasteiger partial charge in [0, 0.05) is 25.6 Å². The molecule has 0 spiro atoms. The zero-order chi connectivity index (χ0) is 18.1. The number of aromatic nitrogens is 1. The molecule has 7 nitrogen and oxygen atoms in total. The lowest BCUT2D eigenvalue weighted by Crippen LogP contribution is -2.37. The van der Waals surface area contributed by atoms with Crippen molar-refractivity contribution in [3.63, 3.8) is 0 Å². The van der Waals surface area contributed by atoms with Gasteiger partial charge in [-0.25, -0.2) is 4.98 Å². The van der Waals surface area contributed by atoms with Crippen LogP contribution >= 0.6 is 0 Å². The number of hydrogen-bond donors (Lipinski definition) is 2. The Hall–Kier alpha value is -2.28. The monoisotopic (exact) mass is 348 g/mol. The number of hydrogen-bond acceptors (Lipinski definition) is 5. The molecule has 0 bridgehead atoms. The van der Waals surface area contributed by atoms with Crippen LogP contribution in [0.1, 0.15) is 44.6 Å². The van der Waals surface area contributed by atoms with E-state index in [1.807, 2.05) is 12.1 Å². The highest BCUT2D eigenvalue weighted by atomic mass is 16.5. The van der Waals surface area contributed by atoms with Crippen molar-refractivity contribution < 1.29 is 13.6 Å². The molecule has 138 valence electrons. The Kier molecular flexibility index (Phi) is 7.06. The Morgan fingerprint density at radius 1 is 1.32 bits per heavy atom. The van der Waals surface area contributed by atoms with Crippen molar-refractivity contribution in [1.29, 1.82) is 0 Å². The van der Waals surface area contributed by atoms with Crippen molar-refractivity contribution in [2.24, 2.45) is 4.99 Å². The van der Waals surface area contributed by atoms with Gasteiger partial charge in [-0.15, -0.1) is 0 Å². The molecule has 25 heavy (non-hydrogen) atoms. The van der Waals surface area contributed by atoms with Crippen molar-refractivity contribution in [1.82, 2.24) is 15.6 Å². The summed E-state index contributed by atoms with van der Waals surface area (Å²) in [4.78, 5) is 8.48. The molecule has 2 rings (SSSR count). The number of oxazole rings is 1. The molecule has 2 N–H and O–H groups in total. The van der Waals surface area contributed by atoms with E-state index in [1.54, 1.807) is 19.5 Å². The Labute approximate surface area is 148 Å². The molecule has 0 aliphatic rings. The van der Waals surface area contributed by atoms with Crippen LogP contribution in [0.2, 0.25) is 0 Å². The van der Waals surface area contributed by atoms with Gasteiger partial charge in [-0.2, -0.15) is 0 Å². The molecule has 2 heterocycles. The minimum atomic E-state index is -0.0409. The average Bonchev–Trinajstić information content (AvgIpc) is 3.24. The molecule has 0 fully saturated rings. The van der Waals surface area contributed by atoms with Crippen LogP contribution < -0.4 is 10.6 Å². The number of nitrogens with one attached hydrogen (secondary N) is 2. The number of aliphatic imine (C=N–C) groups is 1. The molecule has 0 amide bonds. The smallest absolute Gasteiger partial charge is 0.213 e. The Bertz CT molecular complexity index is 642. The maximum absolute atomic E-state index is 5.75. The molecule has 0 saturated heterocycles. The van der Waals surface area contributed by atoms with Crippen molar-refractivity contribution in [3.8, 4) is 0 Å². The fourth-order valence-electron chi connectivity index (χ4n) is 2.07. The first-order chi connectivity index (χ1) is 12.0. The van der Waals surface area contributed by atoms with E-state index in [9.17, 15) is 0 Å². The fraction of sp³-hybridized carbons (Fsp3) is 0.556. The second-order valence-electron chi connectivity index (χ2n) is 6.71. The highest BCUT2D eigenvalue weighted by molar-refractivity contribution is 5.79. The molecule has 0 aliphatic carbocycles. The maximum atomic E-state index is 5.75. The fourth-order valence-corrected chi connectivity index (χ4v) is 2.07. The number of ether oxygens (including phenoxy) is 1. The summed E-state index contributed by atoms with van der Waals surface area (Å²) in [5, 5.41) is 6.43. The van der Waals surface area contributed by atoms with Crippen LogP contribution in [0.3, 0.4) is 0 Å². The third-order valence-electron chi connectivity index (χ3n) is 3.51. The molecule has 0 radical (unpaired) electrons. The van der Waals surface area contributed by atoms with E-state index < -0.39 is 0 Å². The lowest BCUT2D eigenvalue weighted by molar-refractivity contribution is 0.105. The lowest BCUT2D eigenvalue weighted by Gasteiger charge is -2.13. The third-order valence-corrected chi connectivity index (χ3v) is 3.51. The molecule has 0 atom stereocenters. The van der Waals surface area contributed by atoms with Crippen LogP contribution in [0.15, 0.2) is 38.4 Å². The summed E-state index contributed by atoms with van der Waals surface area (Å²) in [6.07, 6.45) is 4.30. The number of nitrogens with zero attached hydrogens (tertiary/aromatic N) is 2.